The van der Waals surface area contributed by atoms with Gasteiger partial charge in [0.05, 0.1) is 0 Å². The molecule has 0 N–H and O–H groups in total. The molecule has 0 aliphatic carbocycles. The zero-order valence-electron chi connectivity index (χ0n) is 5.42. The van der Waals surface area contributed by atoms with E-state index in [-0.39, 0.29) is 40.6 Å². The Balaban J connectivity index is -0.0000000417. The molecule has 0 aliphatic rings. The van der Waals surface area contributed by atoms with Crippen LogP contribution in [0.3, 0.4) is 0 Å². The van der Waals surface area contributed by atoms with Crippen molar-refractivity contribution in [3.8, 4) is 12.1 Å². The molecule has 0 nitrogen and oxygen atoms in total. The number of alkyl halides is 2. The average Bonchev–Trinajstić information content (AvgIpc) is 1.35. The molecular weight excluding hydrogens is 133 g/mol. The SMILES string of the molecule is FC#CC(F)F.[Ca+2].[H-].[H-]. The summed E-state index contributed by atoms with van der Waals surface area (Å²) < 4.78 is 31.6. The zero-order valence-corrected chi connectivity index (χ0v) is 5.63. The van der Waals surface area contributed by atoms with E-state index in [1.165, 1.54) is 0 Å². The number of hydrogen-bond acceptors (Lipinski definition) is 0. The van der Waals surface area contributed by atoms with E-state index in [0.29, 0.717) is 6.17 Å². The predicted molar refractivity (Wildman–Crippen MR) is 22.9 cm³/mol. The second-order valence-corrected chi connectivity index (χ2v) is 0.540. The van der Waals surface area contributed by atoms with Crippen molar-refractivity contribution < 1.29 is 16.0 Å². The van der Waals surface area contributed by atoms with Gasteiger partial charge < -0.3 is 2.85 Å². The van der Waals surface area contributed by atoms with Crippen LogP contribution in [0, 0.1) is 12.1 Å². The fraction of sp³-hybridized carbons (Fsp3) is 0.333. The van der Waals surface area contributed by atoms with Crippen LogP contribution >= 0.6 is 0 Å². The molecule has 4 heteroatoms. The molecule has 0 saturated carbocycles. The Kier molecular flexibility index (Phi) is 9.98. The van der Waals surface area contributed by atoms with E-state index < -0.39 is 6.43 Å². The Hall–Kier alpha value is 0.610. The third-order valence-corrected chi connectivity index (χ3v) is 0.164. The maximum absolute atomic E-state index is 10.6. The Morgan fingerprint density at radius 2 is 1.86 bits per heavy atom. The first-order valence-electron chi connectivity index (χ1n) is 1.16. The summed E-state index contributed by atoms with van der Waals surface area (Å²) in [7, 11) is 0. The molecular formula is C3H3CaF3. The van der Waals surface area contributed by atoms with Crippen LogP contribution < -0.4 is 0 Å². The van der Waals surface area contributed by atoms with Crippen LogP contribution in [-0.4, -0.2) is 44.2 Å². The van der Waals surface area contributed by atoms with Gasteiger partial charge in [-0.15, -0.1) is 4.39 Å². The largest absolute Gasteiger partial charge is 2.00 e. The van der Waals surface area contributed by atoms with E-state index in [4.69, 9.17) is 0 Å². The molecule has 0 saturated heterocycles. The summed E-state index contributed by atoms with van der Waals surface area (Å²) >= 11 is 0. The fourth-order valence-electron chi connectivity index (χ4n) is 0.0412. The van der Waals surface area contributed by atoms with Crippen molar-refractivity contribution >= 4 is 37.7 Å². The molecule has 0 fully saturated rings. The van der Waals surface area contributed by atoms with Crippen LogP contribution in [-0.2, 0) is 0 Å². The molecule has 0 radical (unpaired) electrons. The second kappa shape index (κ2) is 6.61. The van der Waals surface area contributed by atoms with Gasteiger partial charge in [-0.25, -0.2) is 0 Å². The van der Waals surface area contributed by atoms with E-state index in [0.717, 1.165) is 5.92 Å². The van der Waals surface area contributed by atoms with Crippen molar-refractivity contribution in [2.75, 3.05) is 0 Å². The summed E-state index contributed by atoms with van der Waals surface area (Å²) in [6.07, 6.45) is -2.27. The van der Waals surface area contributed by atoms with E-state index in [2.05, 4.69) is 0 Å². The average molecular weight is 136 g/mol. The molecule has 0 aromatic carbocycles. The maximum Gasteiger partial charge on any atom is 2.00 e. The monoisotopic (exact) mass is 136 g/mol. The minimum atomic E-state index is -2.84. The molecule has 0 aromatic heterocycles. The topological polar surface area (TPSA) is 0 Å². The summed E-state index contributed by atoms with van der Waals surface area (Å²) in [5.74, 6) is 0.958. The van der Waals surface area contributed by atoms with Gasteiger partial charge in [-0.3, -0.25) is 0 Å². The third-order valence-electron chi connectivity index (χ3n) is 0.164. The van der Waals surface area contributed by atoms with Gasteiger partial charge in [0.25, 0.3) is 0 Å². The van der Waals surface area contributed by atoms with Crippen LogP contribution in [0.15, 0.2) is 0 Å². The summed E-state index contributed by atoms with van der Waals surface area (Å²) in [5, 5.41) is 0. The van der Waals surface area contributed by atoms with Crippen molar-refractivity contribution in [1.82, 2.24) is 0 Å². The predicted octanol–water partition coefficient (Wildman–Crippen LogP) is 1.03. The van der Waals surface area contributed by atoms with Crippen LogP contribution in [0.4, 0.5) is 13.2 Å². The number of hydrogen-bond donors (Lipinski definition) is 0. The fourth-order valence-corrected chi connectivity index (χ4v) is 0.0412. The molecule has 0 heterocycles. The zero-order chi connectivity index (χ0) is 4.99. The molecule has 0 aliphatic heterocycles. The smallest absolute Gasteiger partial charge is 1.00 e. The van der Waals surface area contributed by atoms with Gasteiger partial charge in [-0.2, -0.15) is 8.78 Å². The molecule has 0 atom stereocenters. The molecule has 0 spiro atoms. The Bertz CT molecular complexity index is 86.8. The molecule has 0 aromatic rings. The summed E-state index contributed by atoms with van der Waals surface area (Å²) in [4.78, 5) is 0. The van der Waals surface area contributed by atoms with Gasteiger partial charge in [0, 0.05) is 5.92 Å². The van der Waals surface area contributed by atoms with Crippen LogP contribution in [0.5, 0.6) is 0 Å². The Labute approximate surface area is 72.1 Å². The van der Waals surface area contributed by atoms with Gasteiger partial charge in [0.2, 0.25) is 0 Å². The minimum Gasteiger partial charge on any atom is -1.00 e. The van der Waals surface area contributed by atoms with E-state index in [1.807, 2.05) is 0 Å². The maximum atomic E-state index is 10.6. The van der Waals surface area contributed by atoms with Crippen LogP contribution in [0.25, 0.3) is 0 Å². The quantitative estimate of drug-likeness (QED) is 0.344. The van der Waals surface area contributed by atoms with Crippen molar-refractivity contribution in [3.05, 3.63) is 0 Å². The van der Waals surface area contributed by atoms with Gasteiger partial charge in [-0.05, 0) is 0 Å². The summed E-state index contributed by atoms with van der Waals surface area (Å²) in [6, 6.07) is 0. The van der Waals surface area contributed by atoms with Crippen LogP contribution in [0.2, 0.25) is 0 Å². The number of rotatable bonds is 0. The van der Waals surface area contributed by atoms with Crippen molar-refractivity contribution in [3.63, 3.8) is 0 Å². The van der Waals surface area contributed by atoms with Crippen molar-refractivity contribution in [1.29, 1.82) is 0 Å². The van der Waals surface area contributed by atoms with Crippen LogP contribution in [0.1, 0.15) is 2.85 Å². The van der Waals surface area contributed by atoms with Crippen molar-refractivity contribution in [2.24, 2.45) is 0 Å². The molecule has 0 rings (SSSR count). The molecule has 0 unspecified atom stereocenters. The van der Waals surface area contributed by atoms with Gasteiger partial charge in [-0.1, -0.05) is 0 Å². The summed E-state index contributed by atoms with van der Waals surface area (Å²) in [6.45, 7) is 0. The molecule has 0 amide bonds. The van der Waals surface area contributed by atoms with Gasteiger partial charge in [0.1, 0.15) is 6.17 Å². The second-order valence-electron chi connectivity index (χ2n) is 0.540. The Morgan fingerprint density at radius 1 is 1.43 bits per heavy atom. The first kappa shape index (κ1) is 10.6. The number of halogens is 3. The molecule has 38 valence electrons. The van der Waals surface area contributed by atoms with Crippen molar-refractivity contribution in [2.45, 2.75) is 6.43 Å². The third kappa shape index (κ3) is 10.8. The standard InChI is InChI=1S/C3HF3.Ca.2H/c4-2-1-3(5)6;;;/h3H;;;/q;+2;2*-1. The molecule has 0 bridgehead atoms. The van der Waals surface area contributed by atoms with Gasteiger partial charge in [0.15, 0.2) is 0 Å². The summed E-state index contributed by atoms with van der Waals surface area (Å²) in [5.41, 5.74) is 0. The molecule has 7 heavy (non-hydrogen) atoms. The Morgan fingerprint density at radius 3 is 1.86 bits per heavy atom. The van der Waals surface area contributed by atoms with E-state index in [9.17, 15) is 13.2 Å². The van der Waals surface area contributed by atoms with E-state index in [1.54, 1.807) is 0 Å². The normalized spacial score (nSPS) is 6.29. The first-order valence-corrected chi connectivity index (χ1v) is 1.16. The minimum absolute atomic E-state index is 0. The van der Waals surface area contributed by atoms with Gasteiger partial charge >= 0.3 is 44.2 Å². The first-order chi connectivity index (χ1) is 2.77. The van der Waals surface area contributed by atoms with E-state index >= 15 is 0 Å².